The molecule has 0 aromatic carbocycles. The number of nitrogens with one attached hydrogen (secondary N) is 2. The summed E-state index contributed by atoms with van der Waals surface area (Å²) in [5.74, 6) is -1.10. The van der Waals surface area contributed by atoms with Gasteiger partial charge >= 0.3 is 0 Å². The molecule has 0 aromatic rings. The molecule has 0 saturated heterocycles. The molecule has 1 amide bonds. The summed E-state index contributed by atoms with van der Waals surface area (Å²) in [4.78, 5) is 38.7. The Hall–Kier alpha value is -2.73. The van der Waals surface area contributed by atoms with Gasteiger partial charge < -0.3 is 15.5 Å². The zero-order valence-corrected chi connectivity index (χ0v) is 19.8. The highest BCUT2D eigenvalue weighted by atomic mass is 16.2. The van der Waals surface area contributed by atoms with Gasteiger partial charge in [-0.05, 0) is 67.5 Å². The van der Waals surface area contributed by atoms with Crippen molar-refractivity contribution in [2.75, 3.05) is 27.2 Å². The monoisotopic (exact) mass is 427 g/mol. The summed E-state index contributed by atoms with van der Waals surface area (Å²) in [7, 11) is 3.85. The van der Waals surface area contributed by atoms with E-state index in [2.05, 4.69) is 43.6 Å². The summed E-state index contributed by atoms with van der Waals surface area (Å²) in [6.45, 7) is 9.51. The van der Waals surface area contributed by atoms with Gasteiger partial charge in [0.1, 0.15) is 0 Å². The van der Waals surface area contributed by atoms with Gasteiger partial charge in [0.25, 0.3) is 0 Å². The molecule has 170 valence electrons. The van der Waals surface area contributed by atoms with Crippen LogP contribution in [0.25, 0.3) is 0 Å². The molecule has 0 spiro atoms. The van der Waals surface area contributed by atoms with E-state index in [0.29, 0.717) is 6.54 Å². The van der Waals surface area contributed by atoms with E-state index < -0.39 is 5.91 Å². The van der Waals surface area contributed by atoms with Crippen molar-refractivity contribution in [1.82, 2.24) is 15.5 Å². The average Bonchev–Trinajstić information content (AvgIpc) is 2.64. The molecule has 0 unspecified atom stereocenters. The molecule has 6 nitrogen and oxygen atoms in total. The second-order valence-electron chi connectivity index (χ2n) is 8.46. The van der Waals surface area contributed by atoms with Gasteiger partial charge in [-0.25, -0.2) is 0 Å². The van der Waals surface area contributed by atoms with Crippen molar-refractivity contribution in [3.05, 3.63) is 58.5 Å². The van der Waals surface area contributed by atoms with E-state index in [9.17, 15) is 14.4 Å². The van der Waals surface area contributed by atoms with Gasteiger partial charge in [-0.3, -0.25) is 14.4 Å². The summed E-state index contributed by atoms with van der Waals surface area (Å²) in [6, 6.07) is 0. The predicted molar refractivity (Wildman–Crippen MR) is 126 cm³/mol. The summed E-state index contributed by atoms with van der Waals surface area (Å²) < 4.78 is 0. The Morgan fingerprint density at radius 1 is 0.903 bits per heavy atom. The highest BCUT2D eigenvalue weighted by molar-refractivity contribution is 6.20. The third kappa shape index (κ3) is 11.3. The fourth-order valence-corrected chi connectivity index (χ4v) is 2.91. The van der Waals surface area contributed by atoms with Gasteiger partial charge in [-0.15, -0.1) is 0 Å². The number of carbonyl (C=O) groups is 3. The van der Waals surface area contributed by atoms with Crippen molar-refractivity contribution < 1.29 is 14.4 Å². The molecular formula is C25H37N3O3. The average molecular weight is 428 g/mol. The van der Waals surface area contributed by atoms with Crippen molar-refractivity contribution in [1.29, 1.82) is 0 Å². The van der Waals surface area contributed by atoms with Crippen molar-refractivity contribution in [3.63, 3.8) is 0 Å². The maximum atomic E-state index is 12.2. The lowest BCUT2D eigenvalue weighted by molar-refractivity contribution is -0.119. The standard InChI is InChI=1S/C25H37N3O3/c1-18(2)9-7-10-19(3)11-8-12-20(4)15-25(31)27-22-17-23(29)21(16-24(22)30)26-13-14-28(5)6/h9,11,15-17,26H,7-8,10,12-14H2,1-6H3,(H,27,31). The number of likely N-dealkylation sites (N-methyl/N-ethyl adjacent to an activating group) is 1. The first kappa shape index (κ1) is 26.3. The van der Waals surface area contributed by atoms with Gasteiger partial charge in [0.2, 0.25) is 17.5 Å². The molecule has 6 heteroatoms. The first-order valence-corrected chi connectivity index (χ1v) is 10.8. The molecule has 0 fully saturated rings. The molecular weight excluding hydrogens is 390 g/mol. The lowest BCUT2D eigenvalue weighted by Gasteiger charge is -2.16. The molecule has 0 atom stereocenters. The third-order valence-electron chi connectivity index (χ3n) is 4.71. The van der Waals surface area contributed by atoms with Crippen LogP contribution in [0.1, 0.15) is 53.4 Å². The Morgan fingerprint density at radius 3 is 2.13 bits per heavy atom. The fourth-order valence-electron chi connectivity index (χ4n) is 2.91. The van der Waals surface area contributed by atoms with Crippen LogP contribution >= 0.6 is 0 Å². The maximum Gasteiger partial charge on any atom is 0.248 e. The molecule has 2 N–H and O–H groups in total. The summed E-state index contributed by atoms with van der Waals surface area (Å²) in [5, 5.41) is 5.50. The van der Waals surface area contributed by atoms with Crippen LogP contribution in [0.3, 0.4) is 0 Å². The normalized spacial score (nSPS) is 14.9. The number of ketones is 2. The quantitative estimate of drug-likeness (QED) is 0.283. The Bertz CT molecular complexity index is 823. The molecule has 0 saturated carbocycles. The van der Waals surface area contributed by atoms with Crippen molar-refractivity contribution in [2.45, 2.75) is 53.4 Å². The molecule has 0 bridgehead atoms. The minimum absolute atomic E-state index is 0.00669. The second kappa shape index (κ2) is 13.5. The number of hydrogen-bond donors (Lipinski definition) is 2. The van der Waals surface area contributed by atoms with Crippen LogP contribution in [-0.2, 0) is 14.4 Å². The topological polar surface area (TPSA) is 78.5 Å². The molecule has 0 radical (unpaired) electrons. The SMILES string of the molecule is CC(C)=CCCC(C)=CCCC(C)=CC(=O)NC1=CC(=O)C(NCCN(C)C)=CC1=O. The van der Waals surface area contributed by atoms with Gasteiger partial charge in [0.05, 0.1) is 11.4 Å². The van der Waals surface area contributed by atoms with Crippen LogP contribution in [0.2, 0.25) is 0 Å². The zero-order chi connectivity index (χ0) is 23.4. The van der Waals surface area contributed by atoms with Crippen LogP contribution in [0.5, 0.6) is 0 Å². The van der Waals surface area contributed by atoms with E-state index in [1.807, 2.05) is 25.9 Å². The fraction of sp³-hybridized carbons (Fsp3) is 0.480. The number of hydrogen-bond acceptors (Lipinski definition) is 5. The van der Waals surface area contributed by atoms with E-state index in [1.165, 1.54) is 29.4 Å². The molecule has 31 heavy (non-hydrogen) atoms. The zero-order valence-electron chi connectivity index (χ0n) is 19.8. The summed E-state index contributed by atoms with van der Waals surface area (Å²) >= 11 is 0. The van der Waals surface area contributed by atoms with E-state index in [1.54, 1.807) is 0 Å². The number of allylic oxidation sites excluding steroid dienone is 7. The molecule has 1 aliphatic carbocycles. The summed E-state index contributed by atoms with van der Waals surface area (Å²) in [5.41, 5.74) is 3.85. The maximum absolute atomic E-state index is 12.2. The van der Waals surface area contributed by atoms with Crippen LogP contribution < -0.4 is 10.6 Å². The number of rotatable bonds is 12. The first-order chi connectivity index (χ1) is 14.6. The highest BCUT2D eigenvalue weighted by Gasteiger charge is 2.21. The van der Waals surface area contributed by atoms with Crippen molar-refractivity contribution in [2.24, 2.45) is 0 Å². The predicted octanol–water partition coefficient (Wildman–Crippen LogP) is 3.59. The minimum atomic E-state index is -0.397. The largest absolute Gasteiger partial charge is 0.380 e. The molecule has 0 aromatic heterocycles. The smallest absolute Gasteiger partial charge is 0.248 e. The Balaban J connectivity index is 2.52. The van der Waals surface area contributed by atoms with Crippen LogP contribution in [-0.4, -0.2) is 49.6 Å². The number of carbonyl (C=O) groups excluding carboxylic acids is 3. The van der Waals surface area contributed by atoms with Crippen molar-refractivity contribution >= 4 is 17.5 Å². The lowest BCUT2D eigenvalue weighted by atomic mass is 10.1. The van der Waals surface area contributed by atoms with E-state index in [0.717, 1.165) is 37.8 Å². The Labute approximate surface area is 186 Å². The highest BCUT2D eigenvalue weighted by Crippen LogP contribution is 2.12. The lowest BCUT2D eigenvalue weighted by Crippen LogP contribution is -2.34. The van der Waals surface area contributed by atoms with Crippen LogP contribution in [0, 0.1) is 0 Å². The Kier molecular flexibility index (Phi) is 11.5. The Morgan fingerprint density at radius 2 is 1.48 bits per heavy atom. The number of amides is 1. The third-order valence-corrected chi connectivity index (χ3v) is 4.71. The van der Waals surface area contributed by atoms with E-state index in [4.69, 9.17) is 0 Å². The van der Waals surface area contributed by atoms with Gasteiger partial charge in [-0.2, -0.15) is 0 Å². The van der Waals surface area contributed by atoms with Crippen LogP contribution in [0.15, 0.2) is 58.5 Å². The minimum Gasteiger partial charge on any atom is -0.380 e. The van der Waals surface area contributed by atoms with Gasteiger partial charge in [0.15, 0.2) is 0 Å². The second-order valence-corrected chi connectivity index (χ2v) is 8.46. The van der Waals surface area contributed by atoms with Gasteiger partial charge in [0, 0.05) is 31.3 Å². The number of nitrogens with zero attached hydrogens (tertiary/aromatic N) is 1. The first-order valence-electron chi connectivity index (χ1n) is 10.8. The van der Waals surface area contributed by atoms with Gasteiger partial charge in [-0.1, -0.05) is 28.9 Å². The van der Waals surface area contributed by atoms with E-state index in [-0.39, 0.29) is 23.0 Å². The molecule has 0 heterocycles. The summed E-state index contributed by atoms with van der Waals surface area (Å²) in [6.07, 6.45) is 12.1. The molecule has 1 aliphatic rings. The van der Waals surface area contributed by atoms with Crippen molar-refractivity contribution in [3.8, 4) is 0 Å². The molecule has 0 aliphatic heterocycles. The molecule has 1 rings (SSSR count). The van der Waals surface area contributed by atoms with E-state index >= 15 is 0 Å². The van der Waals surface area contributed by atoms with Crippen LogP contribution in [0.4, 0.5) is 0 Å².